The molecule has 0 saturated carbocycles. The zero-order valence-electron chi connectivity index (χ0n) is 11.3. The molecule has 1 N–H and O–H groups in total. The third-order valence-electron chi connectivity index (χ3n) is 2.07. The van der Waals surface area contributed by atoms with Crippen LogP contribution in [0.5, 0.6) is 0 Å². The van der Waals surface area contributed by atoms with E-state index in [2.05, 4.69) is 10.3 Å². The summed E-state index contributed by atoms with van der Waals surface area (Å²) in [7, 11) is 0. The highest BCUT2D eigenvalue weighted by molar-refractivity contribution is 5.67. The van der Waals surface area contributed by atoms with E-state index >= 15 is 0 Å². The standard InChI is InChI=1S/C12H14N4O4/c1-12(2,3)20-11(17)15-6-9-4-8(5-13)10(7-14-9)16(18)19/h4,7H,6H2,1-3H3,(H,15,17). The van der Waals surface area contributed by atoms with Gasteiger partial charge in [-0.3, -0.25) is 15.1 Å². The van der Waals surface area contributed by atoms with Gasteiger partial charge >= 0.3 is 11.8 Å². The van der Waals surface area contributed by atoms with Crippen LogP contribution in [0.3, 0.4) is 0 Å². The molecule has 20 heavy (non-hydrogen) atoms. The van der Waals surface area contributed by atoms with E-state index in [9.17, 15) is 14.9 Å². The third kappa shape index (κ3) is 4.53. The first kappa shape index (κ1) is 15.4. The first-order chi connectivity index (χ1) is 9.23. The lowest BCUT2D eigenvalue weighted by Gasteiger charge is -2.19. The van der Waals surface area contributed by atoms with Crippen LogP contribution >= 0.6 is 0 Å². The molecule has 0 aliphatic heterocycles. The van der Waals surface area contributed by atoms with Gasteiger partial charge < -0.3 is 10.1 Å². The Labute approximate surface area is 115 Å². The maximum atomic E-state index is 11.4. The van der Waals surface area contributed by atoms with Crippen molar-refractivity contribution in [2.45, 2.75) is 32.9 Å². The van der Waals surface area contributed by atoms with Crippen LogP contribution < -0.4 is 5.32 Å². The molecule has 0 spiro atoms. The molecule has 0 aliphatic rings. The third-order valence-corrected chi connectivity index (χ3v) is 2.07. The van der Waals surface area contributed by atoms with Gasteiger partial charge in [0.2, 0.25) is 0 Å². The van der Waals surface area contributed by atoms with Crippen molar-refractivity contribution in [2.24, 2.45) is 0 Å². The minimum absolute atomic E-state index is 0.0155. The molecule has 106 valence electrons. The molecular formula is C12H14N4O4. The van der Waals surface area contributed by atoms with Gasteiger partial charge in [-0.2, -0.15) is 5.26 Å². The van der Waals surface area contributed by atoms with Crippen molar-refractivity contribution in [3.8, 4) is 6.07 Å². The average Bonchev–Trinajstić information content (AvgIpc) is 2.33. The highest BCUT2D eigenvalue weighted by atomic mass is 16.6. The summed E-state index contributed by atoms with van der Waals surface area (Å²) in [5, 5.41) is 21.9. The molecule has 0 atom stereocenters. The smallest absolute Gasteiger partial charge is 0.407 e. The monoisotopic (exact) mass is 278 g/mol. The number of aromatic nitrogens is 1. The normalized spacial score (nSPS) is 10.5. The zero-order chi connectivity index (χ0) is 15.3. The minimum atomic E-state index is -0.684. The predicted octanol–water partition coefficient (Wildman–Crippen LogP) is 1.89. The molecule has 1 heterocycles. The molecule has 0 radical (unpaired) electrons. The van der Waals surface area contributed by atoms with Crippen LogP contribution in [-0.2, 0) is 11.3 Å². The van der Waals surface area contributed by atoms with Crippen molar-refractivity contribution in [1.82, 2.24) is 10.3 Å². The van der Waals surface area contributed by atoms with Crippen molar-refractivity contribution >= 4 is 11.8 Å². The molecule has 1 aromatic rings. The van der Waals surface area contributed by atoms with Gasteiger partial charge in [-0.05, 0) is 26.8 Å². The minimum Gasteiger partial charge on any atom is -0.444 e. The van der Waals surface area contributed by atoms with E-state index in [1.165, 1.54) is 6.07 Å². The second-order valence-corrected chi connectivity index (χ2v) is 4.92. The van der Waals surface area contributed by atoms with Crippen LogP contribution in [0, 0.1) is 21.4 Å². The van der Waals surface area contributed by atoms with Crippen LogP contribution in [0.2, 0.25) is 0 Å². The average molecular weight is 278 g/mol. The highest BCUT2D eigenvalue weighted by Gasteiger charge is 2.17. The fourth-order valence-corrected chi connectivity index (χ4v) is 1.30. The lowest BCUT2D eigenvalue weighted by atomic mass is 10.2. The summed E-state index contributed by atoms with van der Waals surface area (Å²) in [6.07, 6.45) is 0.362. The molecule has 1 aromatic heterocycles. The van der Waals surface area contributed by atoms with E-state index in [1.54, 1.807) is 26.8 Å². The highest BCUT2D eigenvalue weighted by Crippen LogP contribution is 2.16. The number of nitriles is 1. The first-order valence-electron chi connectivity index (χ1n) is 5.73. The summed E-state index contributed by atoms with van der Waals surface area (Å²) in [5.41, 5.74) is -0.761. The number of nitrogens with one attached hydrogen (secondary N) is 1. The molecule has 0 bridgehead atoms. The molecule has 8 nitrogen and oxygen atoms in total. The number of nitro groups is 1. The van der Waals surface area contributed by atoms with Crippen molar-refractivity contribution in [3.63, 3.8) is 0 Å². The Morgan fingerprint density at radius 2 is 2.25 bits per heavy atom. The topological polar surface area (TPSA) is 118 Å². The zero-order valence-corrected chi connectivity index (χ0v) is 11.3. The fourth-order valence-electron chi connectivity index (χ4n) is 1.30. The van der Waals surface area contributed by atoms with Gasteiger partial charge in [-0.15, -0.1) is 0 Å². The Hall–Kier alpha value is -2.69. The SMILES string of the molecule is CC(C)(C)OC(=O)NCc1cc(C#N)c([N+](=O)[O-])cn1. The maximum absolute atomic E-state index is 11.4. The van der Waals surface area contributed by atoms with E-state index < -0.39 is 16.6 Å². The van der Waals surface area contributed by atoms with Crippen molar-refractivity contribution < 1.29 is 14.5 Å². The Morgan fingerprint density at radius 1 is 1.60 bits per heavy atom. The summed E-state index contributed by atoms with van der Waals surface area (Å²) in [4.78, 5) is 25.2. The number of hydrogen-bond donors (Lipinski definition) is 1. The van der Waals surface area contributed by atoms with Gasteiger partial charge in [0.05, 0.1) is 17.2 Å². The molecule has 8 heteroatoms. The number of hydrogen-bond acceptors (Lipinski definition) is 6. The largest absolute Gasteiger partial charge is 0.444 e. The van der Waals surface area contributed by atoms with E-state index in [4.69, 9.17) is 10.00 Å². The van der Waals surface area contributed by atoms with E-state index in [0.29, 0.717) is 5.69 Å². The van der Waals surface area contributed by atoms with Crippen molar-refractivity contribution in [1.29, 1.82) is 5.26 Å². The number of carbonyl (C=O) groups excluding carboxylic acids is 1. The molecule has 0 aromatic carbocycles. The van der Waals surface area contributed by atoms with Crippen LogP contribution in [0.1, 0.15) is 32.0 Å². The summed E-state index contributed by atoms with van der Waals surface area (Å²) in [5.74, 6) is 0. The van der Waals surface area contributed by atoms with Gasteiger partial charge in [0.25, 0.3) is 0 Å². The summed E-state index contributed by atoms with van der Waals surface area (Å²) in [6, 6.07) is 2.98. The summed E-state index contributed by atoms with van der Waals surface area (Å²) < 4.78 is 5.03. The molecule has 1 amide bonds. The van der Waals surface area contributed by atoms with Crippen molar-refractivity contribution in [2.75, 3.05) is 0 Å². The Bertz CT molecular complexity index is 572. The quantitative estimate of drug-likeness (QED) is 0.666. The second kappa shape index (κ2) is 5.97. The number of amides is 1. The number of pyridine rings is 1. The predicted molar refractivity (Wildman–Crippen MR) is 68.7 cm³/mol. The van der Waals surface area contributed by atoms with E-state index in [-0.39, 0.29) is 17.8 Å². The molecular weight excluding hydrogens is 264 g/mol. The lowest BCUT2D eigenvalue weighted by Crippen LogP contribution is -2.32. The van der Waals surface area contributed by atoms with Gasteiger partial charge in [0, 0.05) is 0 Å². The molecule has 0 saturated heterocycles. The number of nitrogens with zero attached hydrogens (tertiary/aromatic N) is 3. The van der Waals surface area contributed by atoms with Crippen LogP contribution in [0.15, 0.2) is 12.3 Å². The number of ether oxygens (including phenoxy) is 1. The molecule has 0 unspecified atom stereocenters. The number of rotatable bonds is 3. The van der Waals surface area contributed by atoms with Crippen LogP contribution in [0.4, 0.5) is 10.5 Å². The molecule has 1 rings (SSSR count). The fraction of sp³-hybridized carbons (Fsp3) is 0.417. The second-order valence-electron chi connectivity index (χ2n) is 4.92. The maximum Gasteiger partial charge on any atom is 0.407 e. The number of alkyl carbamates (subject to hydrolysis) is 1. The molecule has 0 aliphatic carbocycles. The van der Waals surface area contributed by atoms with Gasteiger partial charge in [-0.1, -0.05) is 0 Å². The number of carbonyl (C=O) groups is 1. The summed E-state index contributed by atoms with van der Waals surface area (Å²) in [6.45, 7) is 5.20. The van der Waals surface area contributed by atoms with E-state index in [0.717, 1.165) is 6.20 Å². The van der Waals surface area contributed by atoms with Gasteiger partial charge in [0.15, 0.2) is 0 Å². The van der Waals surface area contributed by atoms with Gasteiger partial charge in [-0.25, -0.2) is 4.79 Å². The van der Waals surface area contributed by atoms with E-state index in [1.807, 2.05) is 0 Å². The summed E-state index contributed by atoms with van der Waals surface area (Å²) >= 11 is 0. The molecule has 0 fully saturated rings. The Balaban J connectivity index is 2.73. The van der Waals surface area contributed by atoms with Crippen molar-refractivity contribution in [3.05, 3.63) is 33.6 Å². The van der Waals surface area contributed by atoms with Gasteiger partial charge in [0.1, 0.15) is 23.4 Å². The van der Waals surface area contributed by atoms with Crippen LogP contribution in [-0.4, -0.2) is 21.6 Å². The Morgan fingerprint density at radius 3 is 2.75 bits per heavy atom. The van der Waals surface area contributed by atoms with Crippen LogP contribution in [0.25, 0.3) is 0 Å². The Kier molecular flexibility index (Phi) is 4.59. The first-order valence-corrected chi connectivity index (χ1v) is 5.73. The lowest BCUT2D eigenvalue weighted by molar-refractivity contribution is -0.385.